The van der Waals surface area contributed by atoms with Crippen LogP contribution in [0.4, 0.5) is 24.7 Å². The van der Waals surface area contributed by atoms with Crippen molar-refractivity contribution in [2.75, 3.05) is 23.8 Å². The summed E-state index contributed by atoms with van der Waals surface area (Å²) in [5, 5.41) is 0. The number of unbranched alkanes of at least 4 members (excludes halogenated alkanes) is 1. The lowest BCUT2D eigenvalue weighted by atomic mass is 10.2. The average Bonchev–Trinajstić information content (AvgIpc) is 2.71. The quantitative estimate of drug-likeness (QED) is 0.619. The second-order valence-electron chi connectivity index (χ2n) is 6.98. The predicted octanol–water partition coefficient (Wildman–Crippen LogP) is 2.27. The lowest BCUT2D eigenvalue weighted by Gasteiger charge is -2.27. The molecule has 1 unspecified atom stereocenters. The summed E-state index contributed by atoms with van der Waals surface area (Å²) >= 11 is 0. The molecule has 0 spiro atoms. The summed E-state index contributed by atoms with van der Waals surface area (Å²) in [6.07, 6.45) is -4.99. The molecule has 3 N–H and O–H groups in total. The number of anilines is 2. The number of amides is 1. The number of hydrogen-bond acceptors (Lipinski definition) is 5. The van der Waals surface area contributed by atoms with Gasteiger partial charge in [0.1, 0.15) is 18.5 Å². The standard InChI is InChI=1S/C20H25F3N4O4/c1-3-4-10-26(18(29)13(2)31-12-20(21,22)23)15-16(24)27(19(30)25-17(15)28)11-14-8-6-5-7-9-14/h5-9,13H,3-4,10-12,24H2,1-2H3,(H,25,28,30). The number of carbonyl (C=O) groups excluding carboxylic acids is 1. The normalized spacial score (nSPS) is 12.5. The fraction of sp³-hybridized carbons (Fsp3) is 0.450. The minimum atomic E-state index is -4.61. The second kappa shape index (κ2) is 10.3. The average molecular weight is 442 g/mol. The fourth-order valence-electron chi connectivity index (χ4n) is 2.92. The number of aromatic nitrogens is 2. The smallest absolute Gasteiger partial charge is 0.383 e. The molecule has 1 heterocycles. The molecule has 0 aliphatic heterocycles. The maximum atomic E-state index is 12.9. The van der Waals surface area contributed by atoms with Crippen LogP contribution in [0.1, 0.15) is 32.3 Å². The van der Waals surface area contributed by atoms with E-state index in [-0.39, 0.29) is 24.6 Å². The maximum absolute atomic E-state index is 12.9. The number of benzene rings is 1. The monoisotopic (exact) mass is 442 g/mol. The number of nitrogens with one attached hydrogen (secondary N) is 1. The van der Waals surface area contributed by atoms with Gasteiger partial charge in [-0.1, -0.05) is 43.7 Å². The summed E-state index contributed by atoms with van der Waals surface area (Å²) in [4.78, 5) is 40.9. The van der Waals surface area contributed by atoms with Crippen LogP contribution in [0.25, 0.3) is 0 Å². The first-order valence-corrected chi connectivity index (χ1v) is 9.71. The Morgan fingerprint density at radius 3 is 2.48 bits per heavy atom. The van der Waals surface area contributed by atoms with Gasteiger partial charge in [0, 0.05) is 6.54 Å². The minimum absolute atomic E-state index is 0.0197. The molecule has 1 atom stereocenters. The number of nitrogens with two attached hydrogens (primary N) is 1. The second-order valence-corrected chi connectivity index (χ2v) is 6.98. The molecule has 0 aliphatic rings. The van der Waals surface area contributed by atoms with Gasteiger partial charge in [-0.2, -0.15) is 13.2 Å². The van der Waals surface area contributed by atoms with Crippen molar-refractivity contribution in [3.63, 3.8) is 0 Å². The predicted molar refractivity (Wildman–Crippen MR) is 110 cm³/mol. The summed E-state index contributed by atoms with van der Waals surface area (Å²) in [6, 6.07) is 8.83. The van der Waals surface area contributed by atoms with Gasteiger partial charge in [-0.05, 0) is 18.9 Å². The minimum Gasteiger partial charge on any atom is -0.383 e. The zero-order chi connectivity index (χ0) is 23.2. The number of rotatable bonds is 9. The number of ether oxygens (including phenoxy) is 1. The highest BCUT2D eigenvalue weighted by atomic mass is 19.4. The zero-order valence-electron chi connectivity index (χ0n) is 17.2. The van der Waals surface area contributed by atoms with E-state index in [2.05, 4.69) is 9.72 Å². The van der Waals surface area contributed by atoms with Gasteiger partial charge in [-0.3, -0.25) is 19.1 Å². The van der Waals surface area contributed by atoms with E-state index in [1.165, 1.54) is 0 Å². The lowest BCUT2D eigenvalue weighted by molar-refractivity contribution is -0.185. The van der Waals surface area contributed by atoms with E-state index >= 15 is 0 Å². The molecular formula is C20H25F3N4O4. The van der Waals surface area contributed by atoms with Crippen molar-refractivity contribution in [1.29, 1.82) is 0 Å². The Labute approximate surface area is 176 Å². The van der Waals surface area contributed by atoms with Crippen molar-refractivity contribution in [3.05, 3.63) is 56.7 Å². The molecule has 0 bridgehead atoms. The van der Waals surface area contributed by atoms with Crippen molar-refractivity contribution < 1.29 is 22.7 Å². The van der Waals surface area contributed by atoms with Crippen LogP contribution >= 0.6 is 0 Å². The Hall–Kier alpha value is -3.08. The highest BCUT2D eigenvalue weighted by Gasteiger charge is 2.33. The van der Waals surface area contributed by atoms with E-state index in [9.17, 15) is 27.6 Å². The molecule has 1 amide bonds. The number of nitrogen functional groups attached to an aromatic ring is 1. The molecule has 2 aromatic rings. The Balaban J connectivity index is 2.45. The molecule has 1 aromatic carbocycles. The molecular weight excluding hydrogens is 417 g/mol. The Bertz CT molecular complexity index is 1000. The number of alkyl halides is 3. The molecule has 1 aromatic heterocycles. The van der Waals surface area contributed by atoms with Crippen LogP contribution < -0.4 is 21.9 Å². The number of hydrogen-bond donors (Lipinski definition) is 2. The van der Waals surface area contributed by atoms with Gasteiger partial charge in [-0.15, -0.1) is 0 Å². The number of nitrogens with zero attached hydrogens (tertiary/aromatic N) is 2. The highest BCUT2D eigenvalue weighted by Crippen LogP contribution is 2.21. The van der Waals surface area contributed by atoms with Gasteiger partial charge < -0.3 is 15.4 Å². The van der Waals surface area contributed by atoms with E-state index in [1.54, 1.807) is 30.3 Å². The van der Waals surface area contributed by atoms with Crippen LogP contribution in [0.15, 0.2) is 39.9 Å². The summed E-state index contributed by atoms with van der Waals surface area (Å²) in [6.45, 7) is 1.45. The number of H-pyrrole nitrogens is 1. The van der Waals surface area contributed by atoms with Gasteiger partial charge in [0.2, 0.25) is 0 Å². The molecule has 11 heteroatoms. The Morgan fingerprint density at radius 2 is 1.90 bits per heavy atom. The number of aromatic amines is 1. The van der Waals surface area contributed by atoms with E-state index in [4.69, 9.17) is 5.73 Å². The van der Waals surface area contributed by atoms with Crippen LogP contribution in [-0.4, -0.2) is 40.9 Å². The highest BCUT2D eigenvalue weighted by molar-refractivity contribution is 5.98. The van der Waals surface area contributed by atoms with Crippen molar-refractivity contribution >= 4 is 17.4 Å². The van der Waals surface area contributed by atoms with Crippen molar-refractivity contribution in [1.82, 2.24) is 9.55 Å². The first-order chi connectivity index (χ1) is 14.5. The first kappa shape index (κ1) is 24.2. The molecule has 170 valence electrons. The van der Waals surface area contributed by atoms with Crippen LogP contribution in [0.5, 0.6) is 0 Å². The molecule has 2 rings (SSSR count). The summed E-state index contributed by atoms with van der Waals surface area (Å²) in [5.41, 5.74) is 4.88. The lowest BCUT2D eigenvalue weighted by Crippen LogP contribution is -2.46. The van der Waals surface area contributed by atoms with Gasteiger partial charge >= 0.3 is 11.9 Å². The van der Waals surface area contributed by atoms with Crippen LogP contribution in [-0.2, 0) is 16.1 Å². The number of halogens is 3. The largest absolute Gasteiger partial charge is 0.411 e. The van der Waals surface area contributed by atoms with Crippen LogP contribution in [0.3, 0.4) is 0 Å². The van der Waals surface area contributed by atoms with E-state index in [0.717, 1.165) is 22.0 Å². The molecule has 8 nitrogen and oxygen atoms in total. The topological polar surface area (TPSA) is 110 Å². The van der Waals surface area contributed by atoms with Crippen LogP contribution in [0, 0.1) is 0 Å². The number of carbonyl (C=O) groups is 1. The SMILES string of the molecule is CCCCN(C(=O)C(C)OCC(F)(F)F)c1c(N)n(Cc2ccccc2)c(=O)[nH]c1=O. The third-order valence-electron chi connectivity index (χ3n) is 4.51. The van der Waals surface area contributed by atoms with Gasteiger partial charge in [0.25, 0.3) is 11.5 Å². The molecule has 31 heavy (non-hydrogen) atoms. The van der Waals surface area contributed by atoms with Gasteiger partial charge in [0.15, 0.2) is 5.69 Å². The van der Waals surface area contributed by atoms with Gasteiger partial charge in [0.05, 0.1) is 6.54 Å². The molecule has 0 aliphatic carbocycles. The Morgan fingerprint density at radius 1 is 1.26 bits per heavy atom. The van der Waals surface area contributed by atoms with Crippen molar-refractivity contribution in [3.8, 4) is 0 Å². The van der Waals surface area contributed by atoms with Gasteiger partial charge in [-0.25, -0.2) is 4.79 Å². The molecule has 0 radical (unpaired) electrons. The van der Waals surface area contributed by atoms with Crippen molar-refractivity contribution in [2.45, 2.75) is 45.5 Å². The van der Waals surface area contributed by atoms with E-state index in [0.29, 0.717) is 12.8 Å². The summed E-state index contributed by atoms with van der Waals surface area (Å²) in [7, 11) is 0. The van der Waals surface area contributed by atoms with Crippen LogP contribution in [0.2, 0.25) is 0 Å². The third-order valence-corrected chi connectivity index (χ3v) is 4.51. The van der Waals surface area contributed by atoms with Crippen molar-refractivity contribution in [2.24, 2.45) is 0 Å². The zero-order valence-corrected chi connectivity index (χ0v) is 17.2. The molecule has 0 fully saturated rings. The summed E-state index contributed by atoms with van der Waals surface area (Å²) in [5.74, 6) is -1.12. The maximum Gasteiger partial charge on any atom is 0.411 e. The fourth-order valence-corrected chi connectivity index (χ4v) is 2.92. The van der Waals surface area contributed by atoms with E-state index < -0.39 is 36.0 Å². The third kappa shape index (κ3) is 6.45. The first-order valence-electron chi connectivity index (χ1n) is 9.71. The Kier molecular flexibility index (Phi) is 8.03. The molecule has 0 saturated carbocycles. The molecule has 0 saturated heterocycles. The summed E-state index contributed by atoms with van der Waals surface area (Å²) < 4.78 is 43.2. The van der Waals surface area contributed by atoms with E-state index in [1.807, 2.05) is 6.92 Å².